The largest absolute Gasteiger partial charge is 0.382 e. The quantitative estimate of drug-likeness (QED) is 0.923. The van der Waals surface area contributed by atoms with E-state index in [2.05, 4.69) is 33.0 Å². The van der Waals surface area contributed by atoms with Crippen molar-refractivity contribution in [2.75, 3.05) is 12.4 Å². The summed E-state index contributed by atoms with van der Waals surface area (Å²) >= 11 is 0. The van der Waals surface area contributed by atoms with Gasteiger partial charge in [-0.05, 0) is 60.4 Å². The van der Waals surface area contributed by atoms with Crippen molar-refractivity contribution in [3.8, 4) is 5.69 Å². The van der Waals surface area contributed by atoms with E-state index in [0.717, 1.165) is 37.1 Å². The molecule has 0 bridgehead atoms. The molecule has 20 heavy (non-hydrogen) atoms. The van der Waals surface area contributed by atoms with E-state index in [1.165, 1.54) is 0 Å². The Labute approximate surface area is 118 Å². The average Bonchev–Trinajstić information content (AvgIpc) is 3.03. The summed E-state index contributed by atoms with van der Waals surface area (Å²) in [6.07, 6.45) is 6.62. The van der Waals surface area contributed by atoms with Crippen molar-refractivity contribution >= 4 is 5.69 Å². The fraction of sp³-hybridized carbons (Fsp3) is 0.500. The van der Waals surface area contributed by atoms with Crippen LogP contribution in [-0.2, 0) is 4.74 Å². The van der Waals surface area contributed by atoms with Gasteiger partial charge < -0.3 is 10.1 Å². The van der Waals surface area contributed by atoms with Gasteiger partial charge in [-0.3, -0.25) is 0 Å². The van der Waals surface area contributed by atoms with Crippen molar-refractivity contribution in [2.45, 2.75) is 37.8 Å². The number of hydrogen-bond donors (Lipinski definition) is 1. The predicted molar refractivity (Wildman–Crippen MR) is 75.8 cm³/mol. The van der Waals surface area contributed by atoms with Gasteiger partial charge in [-0.2, -0.15) is 0 Å². The molecule has 0 unspecified atom stereocenters. The molecule has 0 spiro atoms. The summed E-state index contributed by atoms with van der Waals surface area (Å²) in [6, 6.07) is 8.71. The zero-order chi connectivity index (χ0) is 13.8. The summed E-state index contributed by atoms with van der Waals surface area (Å²) in [7, 11) is 1.80. The van der Waals surface area contributed by atoms with Gasteiger partial charge in [0.1, 0.15) is 6.33 Å². The Morgan fingerprint density at radius 1 is 1.15 bits per heavy atom. The van der Waals surface area contributed by atoms with E-state index in [1.54, 1.807) is 18.1 Å². The fourth-order valence-electron chi connectivity index (χ4n) is 2.67. The zero-order valence-corrected chi connectivity index (χ0v) is 11.6. The summed E-state index contributed by atoms with van der Waals surface area (Å²) in [5.74, 6) is 0. The maximum absolute atomic E-state index is 5.40. The maximum Gasteiger partial charge on any atom is 0.143 e. The molecular formula is C14H19N5O. The first-order valence-corrected chi connectivity index (χ1v) is 6.98. The third-order valence-electron chi connectivity index (χ3n) is 3.86. The van der Waals surface area contributed by atoms with Gasteiger partial charge in [0.25, 0.3) is 0 Å². The molecule has 0 saturated heterocycles. The van der Waals surface area contributed by atoms with Gasteiger partial charge in [0.2, 0.25) is 0 Å². The third kappa shape index (κ3) is 2.96. The van der Waals surface area contributed by atoms with E-state index in [9.17, 15) is 0 Å². The third-order valence-corrected chi connectivity index (χ3v) is 3.86. The Morgan fingerprint density at radius 2 is 1.90 bits per heavy atom. The standard InChI is InChI=1S/C14H19N5O/c1-20-14-8-4-12(5-9-14)16-11-2-6-13(7-3-11)19-10-15-17-18-19/h2-3,6-7,10,12,14,16H,4-5,8-9H2,1H3. The lowest BCUT2D eigenvalue weighted by molar-refractivity contribution is 0.0682. The molecule has 0 aliphatic heterocycles. The van der Waals surface area contributed by atoms with Crippen LogP contribution in [0.1, 0.15) is 25.7 Å². The topological polar surface area (TPSA) is 64.9 Å². The highest BCUT2D eigenvalue weighted by molar-refractivity contribution is 5.49. The van der Waals surface area contributed by atoms with Crippen LogP contribution in [0.25, 0.3) is 5.69 Å². The number of ether oxygens (including phenoxy) is 1. The highest BCUT2D eigenvalue weighted by Crippen LogP contribution is 2.24. The van der Waals surface area contributed by atoms with Gasteiger partial charge in [0.15, 0.2) is 0 Å². The lowest BCUT2D eigenvalue weighted by atomic mass is 9.93. The molecule has 1 N–H and O–H groups in total. The molecule has 6 nitrogen and oxygen atoms in total. The molecule has 0 atom stereocenters. The summed E-state index contributed by atoms with van der Waals surface area (Å²) in [5.41, 5.74) is 2.10. The lowest BCUT2D eigenvalue weighted by Gasteiger charge is -2.28. The van der Waals surface area contributed by atoms with Crippen LogP contribution >= 0.6 is 0 Å². The van der Waals surface area contributed by atoms with Crippen LogP contribution in [-0.4, -0.2) is 39.5 Å². The van der Waals surface area contributed by atoms with Gasteiger partial charge in [-0.1, -0.05) is 0 Å². The minimum atomic E-state index is 0.440. The number of anilines is 1. The Bertz CT molecular complexity index is 517. The van der Waals surface area contributed by atoms with Crippen LogP contribution < -0.4 is 5.32 Å². The molecule has 1 aliphatic carbocycles. The van der Waals surface area contributed by atoms with Gasteiger partial charge in [0, 0.05) is 18.8 Å². The van der Waals surface area contributed by atoms with Crippen molar-refractivity contribution < 1.29 is 4.74 Å². The average molecular weight is 273 g/mol. The monoisotopic (exact) mass is 273 g/mol. The number of rotatable bonds is 4. The Balaban J connectivity index is 1.59. The van der Waals surface area contributed by atoms with E-state index in [-0.39, 0.29) is 0 Å². The van der Waals surface area contributed by atoms with E-state index >= 15 is 0 Å². The molecule has 1 aromatic carbocycles. The number of methoxy groups -OCH3 is 1. The molecule has 3 rings (SSSR count). The van der Waals surface area contributed by atoms with Gasteiger partial charge in [0.05, 0.1) is 11.8 Å². The van der Waals surface area contributed by atoms with Crippen LogP contribution in [0.4, 0.5) is 5.69 Å². The molecule has 1 aromatic heterocycles. The zero-order valence-electron chi connectivity index (χ0n) is 11.6. The molecule has 1 heterocycles. The fourth-order valence-corrected chi connectivity index (χ4v) is 2.67. The highest BCUT2D eigenvalue weighted by atomic mass is 16.5. The molecule has 2 aromatic rings. The van der Waals surface area contributed by atoms with Crippen molar-refractivity contribution in [2.24, 2.45) is 0 Å². The molecule has 0 radical (unpaired) electrons. The van der Waals surface area contributed by atoms with E-state index in [0.29, 0.717) is 12.1 Å². The SMILES string of the molecule is COC1CCC(Nc2ccc(-n3cnnn3)cc2)CC1. The molecule has 6 heteroatoms. The number of hydrogen-bond acceptors (Lipinski definition) is 5. The first kappa shape index (κ1) is 13.1. The normalized spacial score (nSPS) is 22.6. The maximum atomic E-state index is 5.40. The second-order valence-corrected chi connectivity index (χ2v) is 5.15. The number of nitrogens with zero attached hydrogens (tertiary/aromatic N) is 4. The second kappa shape index (κ2) is 6.00. The smallest absolute Gasteiger partial charge is 0.143 e. The van der Waals surface area contributed by atoms with Crippen LogP contribution in [0.3, 0.4) is 0 Å². The highest BCUT2D eigenvalue weighted by Gasteiger charge is 2.20. The summed E-state index contributed by atoms with van der Waals surface area (Å²) < 4.78 is 7.04. The van der Waals surface area contributed by atoms with Gasteiger partial charge in [-0.25, -0.2) is 4.68 Å². The number of tetrazole rings is 1. The van der Waals surface area contributed by atoms with Crippen LogP contribution in [0.2, 0.25) is 0 Å². The molecule has 1 saturated carbocycles. The summed E-state index contributed by atoms with van der Waals surface area (Å²) in [4.78, 5) is 0. The number of nitrogens with one attached hydrogen (secondary N) is 1. The van der Waals surface area contributed by atoms with Crippen LogP contribution in [0, 0.1) is 0 Å². The minimum absolute atomic E-state index is 0.440. The van der Waals surface area contributed by atoms with Crippen molar-refractivity contribution in [1.29, 1.82) is 0 Å². The van der Waals surface area contributed by atoms with Crippen LogP contribution in [0.15, 0.2) is 30.6 Å². The van der Waals surface area contributed by atoms with Gasteiger partial charge >= 0.3 is 0 Å². The second-order valence-electron chi connectivity index (χ2n) is 5.15. The summed E-state index contributed by atoms with van der Waals surface area (Å²) in [6.45, 7) is 0. The van der Waals surface area contributed by atoms with Crippen molar-refractivity contribution in [1.82, 2.24) is 20.2 Å². The molecule has 106 valence electrons. The molecule has 1 fully saturated rings. The molecule has 0 amide bonds. The number of benzene rings is 1. The Kier molecular flexibility index (Phi) is 3.92. The molecular weight excluding hydrogens is 254 g/mol. The minimum Gasteiger partial charge on any atom is -0.382 e. The Morgan fingerprint density at radius 3 is 2.50 bits per heavy atom. The van der Waals surface area contributed by atoms with E-state index in [4.69, 9.17) is 4.74 Å². The Hall–Kier alpha value is -1.95. The van der Waals surface area contributed by atoms with Crippen LogP contribution in [0.5, 0.6) is 0 Å². The lowest BCUT2D eigenvalue weighted by Crippen LogP contribution is -2.29. The number of aromatic nitrogens is 4. The van der Waals surface area contributed by atoms with Crippen molar-refractivity contribution in [3.63, 3.8) is 0 Å². The van der Waals surface area contributed by atoms with E-state index < -0.39 is 0 Å². The van der Waals surface area contributed by atoms with E-state index in [1.807, 2.05) is 12.1 Å². The first-order chi connectivity index (χ1) is 9.85. The summed E-state index contributed by atoms with van der Waals surface area (Å²) in [5, 5.41) is 14.7. The van der Waals surface area contributed by atoms with Gasteiger partial charge in [-0.15, -0.1) is 5.10 Å². The predicted octanol–water partition coefficient (Wildman–Crippen LogP) is 2.03. The first-order valence-electron chi connectivity index (χ1n) is 6.98. The van der Waals surface area contributed by atoms with Crippen molar-refractivity contribution in [3.05, 3.63) is 30.6 Å². The molecule has 1 aliphatic rings.